The minimum Gasteiger partial charge on any atom is -0.497 e. The Kier molecular flexibility index (Phi) is 7.42. The lowest BCUT2D eigenvalue weighted by atomic mass is 10.1. The molecule has 1 N–H and O–H groups in total. The third-order valence-corrected chi connectivity index (χ3v) is 5.31. The number of rotatable bonds is 9. The quantitative estimate of drug-likeness (QED) is 0.357. The Morgan fingerprint density at radius 2 is 1.43 bits per heavy atom. The molecule has 178 valence electrons. The van der Waals surface area contributed by atoms with Crippen LogP contribution in [0.4, 0.5) is 5.82 Å². The van der Waals surface area contributed by atoms with E-state index in [0.29, 0.717) is 34.1 Å². The molecule has 0 bridgehead atoms. The van der Waals surface area contributed by atoms with Crippen molar-refractivity contribution in [1.29, 1.82) is 0 Å². The zero-order chi connectivity index (χ0) is 24.6. The van der Waals surface area contributed by atoms with Crippen LogP contribution >= 0.6 is 0 Å². The van der Waals surface area contributed by atoms with Gasteiger partial charge in [0.15, 0.2) is 0 Å². The summed E-state index contributed by atoms with van der Waals surface area (Å²) in [5.41, 5.74) is 2.49. The van der Waals surface area contributed by atoms with Crippen molar-refractivity contribution in [3.63, 3.8) is 0 Å². The fourth-order valence-corrected chi connectivity index (χ4v) is 3.40. The molecule has 0 aliphatic heterocycles. The van der Waals surface area contributed by atoms with Crippen LogP contribution in [-0.2, 0) is 11.3 Å². The zero-order valence-corrected chi connectivity index (χ0v) is 19.4. The van der Waals surface area contributed by atoms with Gasteiger partial charge in [-0.2, -0.15) is 5.10 Å². The van der Waals surface area contributed by atoms with E-state index in [1.165, 1.54) is 0 Å². The number of hydrogen-bond acceptors (Lipinski definition) is 6. The smallest absolute Gasteiger partial charge is 0.338 e. The van der Waals surface area contributed by atoms with Crippen LogP contribution in [0, 0.1) is 0 Å². The summed E-state index contributed by atoms with van der Waals surface area (Å²) in [4.78, 5) is 25.2. The molecule has 0 aliphatic rings. The molecule has 3 aromatic carbocycles. The predicted octanol–water partition coefficient (Wildman–Crippen LogP) is 4.68. The number of amides is 1. The topological polar surface area (TPSA) is 91.7 Å². The second-order valence-electron chi connectivity index (χ2n) is 7.55. The summed E-state index contributed by atoms with van der Waals surface area (Å²) < 4.78 is 17.3. The third-order valence-electron chi connectivity index (χ3n) is 5.31. The Labute approximate surface area is 203 Å². The molecule has 0 saturated heterocycles. The predicted molar refractivity (Wildman–Crippen MR) is 132 cm³/mol. The molecule has 8 nitrogen and oxygen atoms in total. The van der Waals surface area contributed by atoms with E-state index in [2.05, 4.69) is 10.4 Å². The average Bonchev–Trinajstić information content (AvgIpc) is 3.31. The minimum atomic E-state index is -0.452. The molecule has 8 heteroatoms. The molecule has 0 aliphatic carbocycles. The van der Waals surface area contributed by atoms with Crippen LogP contribution in [-0.4, -0.2) is 42.5 Å². The van der Waals surface area contributed by atoms with E-state index >= 15 is 0 Å². The number of ether oxygens (including phenoxy) is 3. The zero-order valence-electron chi connectivity index (χ0n) is 19.4. The van der Waals surface area contributed by atoms with Crippen molar-refractivity contribution >= 4 is 17.7 Å². The SMILES string of the molecule is COc1ccc(C(=O)Nc2cc(-c3ccccc3)nn2CCOC(=O)c2ccc(OC)cc2)cc1. The van der Waals surface area contributed by atoms with Crippen molar-refractivity contribution in [2.45, 2.75) is 6.54 Å². The number of esters is 1. The average molecular weight is 472 g/mol. The fourth-order valence-electron chi connectivity index (χ4n) is 3.40. The summed E-state index contributed by atoms with van der Waals surface area (Å²) in [5.74, 6) is 1.07. The van der Waals surface area contributed by atoms with Gasteiger partial charge in [0.2, 0.25) is 0 Å². The summed E-state index contributed by atoms with van der Waals surface area (Å²) in [5, 5.41) is 7.52. The third kappa shape index (κ3) is 5.86. The monoisotopic (exact) mass is 471 g/mol. The van der Waals surface area contributed by atoms with Crippen LogP contribution in [0.1, 0.15) is 20.7 Å². The number of hydrogen-bond donors (Lipinski definition) is 1. The van der Waals surface area contributed by atoms with Gasteiger partial charge in [-0.1, -0.05) is 30.3 Å². The van der Waals surface area contributed by atoms with E-state index in [0.717, 1.165) is 5.56 Å². The van der Waals surface area contributed by atoms with Gasteiger partial charge in [-0.3, -0.25) is 4.79 Å². The summed E-state index contributed by atoms with van der Waals surface area (Å²) >= 11 is 0. The van der Waals surface area contributed by atoms with Gasteiger partial charge in [0.05, 0.1) is 32.0 Å². The van der Waals surface area contributed by atoms with E-state index < -0.39 is 5.97 Å². The molecular formula is C27H25N3O5. The van der Waals surface area contributed by atoms with Crippen molar-refractivity contribution in [2.24, 2.45) is 0 Å². The van der Waals surface area contributed by atoms with E-state index in [9.17, 15) is 9.59 Å². The van der Waals surface area contributed by atoms with Gasteiger partial charge in [0, 0.05) is 17.2 Å². The van der Waals surface area contributed by atoms with Crippen molar-refractivity contribution in [2.75, 3.05) is 26.1 Å². The second kappa shape index (κ2) is 11.0. The molecule has 1 amide bonds. The number of anilines is 1. The highest BCUT2D eigenvalue weighted by Crippen LogP contribution is 2.23. The van der Waals surface area contributed by atoms with E-state index in [-0.39, 0.29) is 19.1 Å². The summed E-state index contributed by atoms with van der Waals surface area (Å²) in [6, 6.07) is 24.9. The van der Waals surface area contributed by atoms with Crippen molar-refractivity contribution < 1.29 is 23.8 Å². The van der Waals surface area contributed by atoms with Crippen LogP contribution in [0.3, 0.4) is 0 Å². The van der Waals surface area contributed by atoms with Crippen molar-refractivity contribution in [1.82, 2.24) is 9.78 Å². The molecular weight excluding hydrogens is 446 g/mol. The van der Waals surface area contributed by atoms with Gasteiger partial charge in [0.25, 0.3) is 5.91 Å². The van der Waals surface area contributed by atoms with Crippen LogP contribution in [0.25, 0.3) is 11.3 Å². The molecule has 4 aromatic rings. The summed E-state index contributed by atoms with van der Waals surface area (Å²) in [6.45, 7) is 0.332. The largest absolute Gasteiger partial charge is 0.497 e. The Hall–Kier alpha value is -4.59. The molecule has 4 rings (SSSR count). The van der Waals surface area contributed by atoms with Crippen molar-refractivity contribution in [3.05, 3.63) is 96.1 Å². The molecule has 1 heterocycles. The maximum Gasteiger partial charge on any atom is 0.338 e. The van der Waals surface area contributed by atoms with Crippen LogP contribution in [0.5, 0.6) is 11.5 Å². The number of carbonyl (C=O) groups is 2. The standard InChI is InChI=1S/C27H25N3O5/c1-33-22-12-8-20(9-13-22)26(31)28-25-18-24(19-6-4-3-5-7-19)29-30(25)16-17-35-27(32)21-10-14-23(34-2)15-11-21/h3-15,18H,16-17H2,1-2H3,(H,28,31). The number of nitrogens with one attached hydrogen (secondary N) is 1. The number of aromatic nitrogens is 2. The molecule has 0 fully saturated rings. The maximum atomic E-state index is 12.8. The van der Waals surface area contributed by atoms with Crippen LogP contribution < -0.4 is 14.8 Å². The molecule has 35 heavy (non-hydrogen) atoms. The molecule has 0 spiro atoms. The first-order valence-corrected chi connectivity index (χ1v) is 11.0. The Bertz CT molecular complexity index is 1280. The molecule has 0 atom stereocenters. The highest BCUT2D eigenvalue weighted by molar-refractivity contribution is 6.04. The lowest BCUT2D eigenvalue weighted by Crippen LogP contribution is -2.18. The summed E-state index contributed by atoms with van der Waals surface area (Å²) in [7, 11) is 3.13. The Morgan fingerprint density at radius 1 is 0.829 bits per heavy atom. The number of nitrogens with zero attached hydrogens (tertiary/aromatic N) is 2. The molecule has 0 unspecified atom stereocenters. The normalized spacial score (nSPS) is 10.5. The second-order valence-corrected chi connectivity index (χ2v) is 7.55. The van der Waals surface area contributed by atoms with E-state index in [1.54, 1.807) is 73.5 Å². The van der Waals surface area contributed by atoms with Gasteiger partial charge in [-0.05, 0) is 48.5 Å². The number of carbonyl (C=O) groups excluding carboxylic acids is 2. The minimum absolute atomic E-state index is 0.0756. The highest BCUT2D eigenvalue weighted by Gasteiger charge is 2.15. The van der Waals surface area contributed by atoms with E-state index in [1.807, 2.05) is 30.3 Å². The number of methoxy groups -OCH3 is 2. The van der Waals surface area contributed by atoms with Crippen LogP contribution in [0.2, 0.25) is 0 Å². The van der Waals surface area contributed by atoms with Gasteiger partial charge in [-0.15, -0.1) is 0 Å². The van der Waals surface area contributed by atoms with Gasteiger partial charge in [0.1, 0.15) is 23.9 Å². The fraction of sp³-hybridized carbons (Fsp3) is 0.148. The highest BCUT2D eigenvalue weighted by atomic mass is 16.5. The van der Waals surface area contributed by atoms with Gasteiger partial charge >= 0.3 is 5.97 Å². The van der Waals surface area contributed by atoms with E-state index in [4.69, 9.17) is 14.2 Å². The van der Waals surface area contributed by atoms with Crippen LogP contribution in [0.15, 0.2) is 84.9 Å². The molecule has 0 radical (unpaired) electrons. The first kappa shape index (κ1) is 23.6. The molecule has 1 aromatic heterocycles. The summed E-state index contributed by atoms with van der Waals surface area (Å²) in [6.07, 6.45) is 0. The van der Waals surface area contributed by atoms with Gasteiger partial charge in [-0.25, -0.2) is 9.48 Å². The maximum absolute atomic E-state index is 12.8. The lowest BCUT2D eigenvalue weighted by molar-refractivity contribution is 0.0488. The van der Waals surface area contributed by atoms with Crippen molar-refractivity contribution in [3.8, 4) is 22.8 Å². The Morgan fingerprint density at radius 3 is 2.03 bits per heavy atom. The lowest BCUT2D eigenvalue weighted by Gasteiger charge is -2.10. The Balaban J connectivity index is 1.48. The van der Waals surface area contributed by atoms with Gasteiger partial charge < -0.3 is 19.5 Å². The number of benzene rings is 3. The first-order valence-electron chi connectivity index (χ1n) is 11.0. The first-order chi connectivity index (χ1) is 17.1. The molecule has 0 saturated carbocycles.